The number of rotatable bonds is 4. The van der Waals surface area contributed by atoms with Gasteiger partial charge in [0.25, 0.3) is 0 Å². The molecule has 0 amide bonds. The van der Waals surface area contributed by atoms with Gasteiger partial charge in [-0.3, -0.25) is 9.78 Å². The Balaban J connectivity index is 2.14. The van der Waals surface area contributed by atoms with Gasteiger partial charge in [-0.1, -0.05) is 41.9 Å². The van der Waals surface area contributed by atoms with Crippen LogP contribution >= 0.6 is 11.6 Å². The fourth-order valence-electron chi connectivity index (χ4n) is 1.39. The van der Waals surface area contributed by atoms with Gasteiger partial charge in [0.2, 0.25) is 0 Å². The molecule has 4 heteroatoms. The summed E-state index contributed by atoms with van der Waals surface area (Å²) in [5, 5.41) is 0.297. The zero-order chi connectivity index (χ0) is 12.1. The fourth-order valence-corrected chi connectivity index (χ4v) is 1.59. The van der Waals surface area contributed by atoms with E-state index < -0.39 is 0 Å². The summed E-state index contributed by atoms with van der Waals surface area (Å²) >= 11 is 5.84. The summed E-state index contributed by atoms with van der Waals surface area (Å²) in [4.78, 5) is 14.8. The van der Waals surface area contributed by atoms with Gasteiger partial charge in [-0.2, -0.15) is 0 Å². The van der Waals surface area contributed by atoms with E-state index in [2.05, 4.69) is 4.98 Å². The molecule has 0 aliphatic heterocycles. The van der Waals surface area contributed by atoms with E-state index in [9.17, 15) is 4.79 Å². The van der Waals surface area contributed by atoms with Crippen LogP contribution in [0.5, 0.6) is 5.75 Å². The van der Waals surface area contributed by atoms with Crippen molar-refractivity contribution < 1.29 is 9.53 Å². The van der Waals surface area contributed by atoms with Crippen molar-refractivity contribution in [3.8, 4) is 5.75 Å². The highest BCUT2D eigenvalue weighted by atomic mass is 35.5. The van der Waals surface area contributed by atoms with Gasteiger partial charge in [-0.15, -0.1) is 0 Å². The number of benzene rings is 1. The number of aromatic nitrogens is 1. The number of carbonyl (C=O) groups excluding carboxylic acids is 1. The maximum Gasteiger partial charge on any atom is 0.155 e. The molecule has 0 bridgehead atoms. The third-order valence-electron chi connectivity index (χ3n) is 2.26. The van der Waals surface area contributed by atoms with Crippen LogP contribution in [0.25, 0.3) is 0 Å². The van der Waals surface area contributed by atoms with Crippen molar-refractivity contribution >= 4 is 17.9 Å². The quantitative estimate of drug-likeness (QED) is 0.780. The zero-order valence-electron chi connectivity index (χ0n) is 8.97. The Kier molecular flexibility index (Phi) is 3.73. The van der Waals surface area contributed by atoms with Crippen LogP contribution in [0.2, 0.25) is 5.02 Å². The number of pyridine rings is 1. The molecule has 1 heterocycles. The normalized spacial score (nSPS) is 9.94. The lowest BCUT2D eigenvalue weighted by molar-refractivity contribution is 0.111. The monoisotopic (exact) mass is 247 g/mol. The van der Waals surface area contributed by atoms with E-state index in [1.807, 2.05) is 30.3 Å². The van der Waals surface area contributed by atoms with Crippen LogP contribution in [0, 0.1) is 0 Å². The van der Waals surface area contributed by atoms with Crippen LogP contribution in [-0.2, 0) is 6.61 Å². The maximum absolute atomic E-state index is 10.9. The third kappa shape index (κ3) is 2.82. The van der Waals surface area contributed by atoms with Crippen molar-refractivity contribution in [1.29, 1.82) is 0 Å². The van der Waals surface area contributed by atoms with Gasteiger partial charge >= 0.3 is 0 Å². The van der Waals surface area contributed by atoms with Gasteiger partial charge in [0.15, 0.2) is 6.29 Å². The van der Waals surface area contributed by atoms with Gasteiger partial charge < -0.3 is 4.74 Å². The third-order valence-corrected chi connectivity index (χ3v) is 2.56. The molecule has 2 aromatic rings. The van der Waals surface area contributed by atoms with E-state index >= 15 is 0 Å². The minimum absolute atomic E-state index is 0.297. The number of halogens is 1. The molecule has 0 aliphatic rings. The first-order chi connectivity index (χ1) is 8.31. The Morgan fingerprint density at radius 1 is 1.24 bits per heavy atom. The van der Waals surface area contributed by atoms with E-state index in [0.717, 1.165) is 5.56 Å². The Hall–Kier alpha value is -1.87. The van der Waals surface area contributed by atoms with Crippen LogP contribution < -0.4 is 4.74 Å². The molecule has 3 nitrogen and oxygen atoms in total. The van der Waals surface area contributed by atoms with E-state index in [1.165, 1.54) is 12.4 Å². The molecular formula is C13H10ClNO2. The van der Waals surface area contributed by atoms with Crippen LogP contribution in [0.15, 0.2) is 42.7 Å². The lowest BCUT2D eigenvalue weighted by Gasteiger charge is -2.08. The number of nitrogens with zero attached hydrogens (tertiary/aromatic N) is 1. The molecular weight excluding hydrogens is 238 g/mol. The first-order valence-electron chi connectivity index (χ1n) is 5.06. The Morgan fingerprint density at radius 3 is 2.71 bits per heavy atom. The molecule has 0 saturated carbocycles. The van der Waals surface area contributed by atoms with Gasteiger partial charge in [0, 0.05) is 6.20 Å². The molecule has 0 N–H and O–H groups in total. The highest BCUT2D eigenvalue weighted by Crippen LogP contribution is 2.23. The number of carbonyl (C=O) groups is 1. The Bertz CT molecular complexity index is 514. The van der Waals surface area contributed by atoms with E-state index in [4.69, 9.17) is 16.3 Å². The molecule has 0 aliphatic carbocycles. The number of hydrogen-bond acceptors (Lipinski definition) is 3. The van der Waals surface area contributed by atoms with Crippen molar-refractivity contribution in [2.24, 2.45) is 0 Å². The lowest BCUT2D eigenvalue weighted by atomic mass is 10.2. The summed E-state index contributed by atoms with van der Waals surface area (Å²) in [7, 11) is 0. The van der Waals surface area contributed by atoms with Gasteiger partial charge in [0.05, 0.1) is 16.8 Å². The molecule has 1 aromatic carbocycles. The average molecular weight is 248 g/mol. The molecule has 0 fully saturated rings. The van der Waals surface area contributed by atoms with Crippen molar-refractivity contribution in [3.05, 3.63) is 58.9 Å². The second-order valence-electron chi connectivity index (χ2n) is 3.43. The summed E-state index contributed by atoms with van der Waals surface area (Å²) < 4.78 is 5.52. The fraction of sp³-hybridized carbons (Fsp3) is 0.0769. The minimum Gasteiger partial charge on any atom is -0.486 e. The number of hydrogen-bond donors (Lipinski definition) is 0. The summed E-state index contributed by atoms with van der Waals surface area (Å²) in [6.45, 7) is 0.379. The first-order valence-corrected chi connectivity index (χ1v) is 5.44. The summed E-state index contributed by atoms with van der Waals surface area (Å²) in [6, 6.07) is 9.67. The van der Waals surface area contributed by atoms with Gasteiger partial charge in [-0.25, -0.2) is 0 Å². The number of ether oxygens (including phenoxy) is 1. The van der Waals surface area contributed by atoms with Crippen LogP contribution in [0.4, 0.5) is 0 Å². The highest BCUT2D eigenvalue weighted by molar-refractivity contribution is 6.33. The molecule has 0 saturated heterocycles. The molecule has 86 valence electrons. The number of aldehydes is 1. The second-order valence-corrected chi connectivity index (χ2v) is 3.83. The summed E-state index contributed by atoms with van der Waals surface area (Å²) in [6.07, 6.45) is 3.57. The van der Waals surface area contributed by atoms with Gasteiger partial charge in [-0.05, 0) is 5.56 Å². The standard InChI is InChI=1S/C13H10ClNO2/c14-12-6-15-7-13(11(12)8-16)17-9-10-4-2-1-3-5-10/h1-8H,9H2. The van der Waals surface area contributed by atoms with E-state index in [1.54, 1.807) is 0 Å². The topological polar surface area (TPSA) is 39.2 Å². The van der Waals surface area contributed by atoms with Gasteiger partial charge in [0.1, 0.15) is 12.4 Å². The van der Waals surface area contributed by atoms with Crippen molar-refractivity contribution in [1.82, 2.24) is 4.98 Å². The molecule has 0 unspecified atom stereocenters. The molecule has 0 spiro atoms. The first kappa shape index (κ1) is 11.6. The zero-order valence-corrected chi connectivity index (χ0v) is 9.72. The summed E-state index contributed by atoms with van der Waals surface area (Å²) in [5.41, 5.74) is 1.35. The SMILES string of the molecule is O=Cc1c(Cl)cncc1OCc1ccccc1. The summed E-state index contributed by atoms with van der Waals surface area (Å²) in [5.74, 6) is 0.399. The highest BCUT2D eigenvalue weighted by Gasteiger charge is 2.07. The van der Waals surface area contributed by atoms with E-state index in [-0.39, 0.29) is 0 Å². The van der Waals surface area contributed by atoms with E-state index in [0.29, 0.717) is 29.2 Å². The molecule has 2 rings (SSSR count). The largest absolute Gasteiger partial charge is 0.486 e. The Morgan fingerprint density at radius 2 is 2.00 bits per heavy atom. The van der Waals surface area contributed by atoms with Crippen LogP contribution in [-0.4, -0.2) is 11.3 Å². The lowest BCUT2D eigenvalue weighted by Crippen LogP contribution is -1.99. The average Bonchev–Trinajstić information content (AvgIpc) is 2.37. The molecule has 17 heavy (non-hydrogen) atoms. The Labute approximate surface area is 104 Å². The van der Waals surface area contributed by atoms with Crippen molar-refractivity contribution in [2.75, 3.05) is 0 Å². The van der Waals surface area contributed by atoms with Crippen LogP contribution in [0.3, 0.4) is 0 Å². The second kappa shape index (κ2) is 5.46. The smallest absolute Gasteiger partial charge is 0.155 e. The molecule has 0 radical (unpaired) electrons. The predicted molar refractivity (Wildman–Crippen MR) is 65.4 cm³/mol. The minimum atomic E-state index is 0.297. The van der Waals surface area contributed by atoms with Crippen molar-refractivity contribution in [2.45, 2.75) is 6.61 Å². The van der Waals surface area contributed by atoms with Crippen LogP contribution in [0.1, 0.15) is 15.9 Å². The molecule has 1 aromatic heterocycles. The van der Waals surface area contributed by atoms with Crippen molar-refractivity contribution in [3.63, 3.8) is 0 Å². The maximum atomic E-state index is 10.9. The molecule has 0 atom stereocenters. The predicted octanol–water partition coefficient (Wildman–Crippen LogP) is 3.13.